The number of hydrogen-bond donors (Lipinski definition) is 1. The second kappa shape index (κ2) is 9.94. The van der Waals surface area contributed by atoms with Crippen molar-refractivity contribution in [3.8, 4) is 5.75 Å². The number of aromatic hydroxyl groups is 1. The van der Waals surface area contributed by atoms with Gasteiger partial charge in [0.2, 0.25) is 5.91 Å². The van der Waals surface area contributed by atoms with Crippen LogP contribution in [0, 0.1) is 0 Å². The Kier molecular flexibility index (Phi) is 6.84. The van der Waals surface area contributed by atoms with Crippen LogP contribution in [0.2, 0.25) is 0 Å². The lowest BCUT2D eigenvalue weighted by Gasteiger charge is -2.29. The Bertz CT molecular complexity index is 905. The first-order valence-corrected chi connectivity index (χ1v) is 10.7. The van der Waals surface area contributed by atoms with Crippen LogP contribution in [0.3, 0.4) is 0 Å². The van der Waals surface area contributed by atoms with Crippen molar-refractivity contribution in [3.63, 3.8) is 0 Å². The van der Waals surface area contributed by atoms with Gasteiger partial charge in [-0.05, 0) is 23.8 Å². The van der Waals surface area contributed by atoms with Crippen molar-refractivity contribution < 1.29 is 24.2 Å². The molecule has 164 valence electrons. The zero-order chi connectivity index (χ0) is 21.6. The maximum atomic E-state index is 13.0. The van der Waals surface area contributed by atoms with Crippen LogP contribution in [-0.4, -0.2) is 79.3 Å². The van der Waals surface area contributed by atoms with Gasteiger partial charge in [0.1, 0.15) is 5.75 Å². The SMILES string of the molecule is O=C(C[C@H](c1ccccc1)c1cc(C(=O)N2CCOCC2)ccc1O)N1CCOCC1. The van der Waals surface area contributed by atoms with E-state index >= 15 is 0 Å². The molecule has 0 saturated carbocycles. The molecule has 2 amide bonds. The lowest BCUT2D eigenvalue weighted by atomic mass is 9.86. The van der Waals surface area contributed by atoms with Crippen LogP contribution in [0.25, 0.3) is 0 Å². The normalized spacial score (nSPS) is 17.9. The summed E-state index contributed by atoms with van der Waals surface area (Å²) in [5.41, 5.74) is 2.02. The van der Waals surface area contributed by atoms with Gasteiger partial charge in [0, 0.05) is 49.6 Å². The second-order valence-electron chi connectivity index (χ2n) is 7.84. The molecule has 2 aromatic rings. The molecule has 7 nitrogen and oxygen atoms in total. The first kappa shape index (κ1) is 21.3. The predicted molar refractivity (Wildman–Crippen MR) is 115 cm³/mol. The van der Waals surface area contributed by atoms with Crippen LogP contribution in [0.4, 0.5) is 0 Å². The van der Waals surface area contributed by atoms with Crippen molar-refractivity contribution >= 4 is 11.8 Å². The minimum absolute atomic E-state index is 0.0152. The molecule has 1 N–H and O–H groups in total. The molecule has 0 aromatic heterocycles. The quantitative estimate of drug-likeness (QED) is 0.797. The minimum Gasteiger partial charge on any atom is -0.508 e. The van der Waals surface area contributed by atoms with E-state index in [-0.39, 0.29) is 29.9 Å². The van der Waals surface area contributed by atoms with E-state index in [1.807, 2.05) is 30.3 Å². The van der Waals surface area contributed by atoms with E-state index in [0.29, 0.717) is 63.7 Å². The number of benzene rings is 2. The fourth-order valence-electron chi connectivity index (χ4n) is 4.12. The number of carbonyl (C=O) groups excluding carboxylic acids is 2. The molecule has 0 unspecified atom stereocenters. The van der Waals surface area contributed by atoms with Crippen LogP contribution < -0.4 is 0 Å². The summed E-state index contributed by atoms with van der Waals surface area (Å²) in [6.07, 6.45) is 0.215. The second-order valence-corrected chi connectivity index (χ2v) is 7.84. The number of morpholine rings is 2. The van der Waals surface area contributed by atoms with Gasteiger partial charge in [0.15, 0.2) is 0 Å². The Hall–Kier alpha value is -2.90. The lowest BCUT2D eigenvalue weighted by Crippen LogP contribution is -2.41. The van der Waals surface area contributed by atoms with E-state index in [9.17, 15) is 14.7 Å². The topological polar surface area (TPSA) is 79.3 Å². The number of hydrogen-bond acceptors (Lipinski definition) is 5. The summed E-state index contributed by atoms with van der Waals surface area (Å²) in [6, 6.07) is 14.6. The zero-order valence-corrected chi connectivity index (χ0v) is 17.5. The van der Waals surface area contributed by atoms with Crippen LogP contribution in [0.1, 0.15) is 33.8 Å². The number of ether oxygens (including phenoxy) is 2. The van der Waals surface area contributed by atoms with Crippen LogP contribution in [0.5, 0.6) is 5.75 Å². The first-order valence-electron chi connectivity index (χ1n) is 10.7. The Morgan fingerprint density at radius 2 is 1.48 bits per heavy atom. The molecule has 4 rings (SSSR count). The molecule has 2 saturated heterocycles. The molecule has 0 spiro atoms. The molecule has 2 aliphatic rings. The largest absolute Gasteiger partial charge is 0.508 e. The van der Waals surface area contributed by atoms with E-state index in [1.54, 1.807) is 28.0 Å². The minimum atomic E-state index is -0.353. The molecule has 0 radical (unpaired) electrons. The summed E-state index contributed by atoms with van der Waals surface area (Å²) < 4.78 is 10.7. The molecule has 2 aliphatic heterocycles. The summed E-state index contributed by atoms with van der Waals surface area (Å²) in [7, 11) is 0. The number of amides is 2. The van der Waals surface area contributed by atoms with Crippen molar-refractivity contribution in [3.05, 3.63) is 65.2 Å². The van der Waals surface area contributed by atoms with Crippen molar-refractivity contribution in [2.45, 2.75) is 12.3 Å². The van der Waals surface area contributed by atoms with Crippen LogP contribution >= 0.6 is 0 Å². The fraction of sp³-hybridized carbons (Fsp3) is 0.417. The molecule has 2 heterocycles. The third-order valence-electron chi connectivity index (χ3n) is 5.89. The zero-order valence-electron chi connectivity index (χ0n) is 17.5. The van der Waals surface area contributed by atoms with Crippen molar-refractivity contribution in [1.82, 2.24) is 9.80 Å². The predicted octanol–water partition coefficient (Wildman–Crippen LogP) is 2.25. The summed E-state index contributed by atoms with van der Waals surface area (Å²) in [6.45, 7) is 4.37. The number of carbonyl (C=O) groups is 2. The molecule has 1 atom stereocenters. The van der Waals surface area contributed by atoms with Crippen molar-refractivity contribution in [1.29, 1.82) is 0 Å². The smallest absolute Gasteiger partial charge is 0.254 e. The monoisotopic (exact) mass is 424 g/mol. The highest BCUT2D eigenvalue weighted by atomic mass is 16.5. The summed E-state index contributed by atoms with van der Waals surface area (Å²) >= 11 is 0. The average Bonchev–Trinajstić information content (AvgIpc) is 2.84. The van der Waals surface area contributed by atoms with E-state index in [4.69, 9.17) is 9.47 Å². The maximum Gasteiger partial charge on any atom is 0.254 e. The Balaban J connectivity index is 1.64. The molecule has 0 bridgehead atoms. The summed E-state index contributed by atoms with van der Waals surface area (Å²) in [5, 5.41) is 10.7. The third-order valence-corrected chi connectivity index (χ3v) is 5.89. The number of phenolic OH excluding ortho intramolecular Hbond substituents is 1. The van der Waals surface area contributed by atoms with E-state index in [0.717, 1.165) is 5.56 Å². The van der Waals surface area contributed by atoms with Gasteiger partial charge < -0.3 is 24.4 Å². The lowest BCUT2D eigenvalue weighted by molar-refractivity contribution is -0.135. The molecule has 7 heteroatoms. The fourth-order valence-corrected chi connectivity index (χ4v) is 4.12. The van der Waals surface area contributed by atoms with Gasteiger partial charge in [-0.15, -0.1) is 0 Å². The van der Waals surface area contributed by atoms with Gasteiger partial charge >= 0.3 is 0 Å². The highest BCUT2D eigenvalue weighted by Crippen LogP contribution is 2.35. The Labute approximate surface area is 182 Å². The molecule has 0 aliphatic carbocycles. The molecule has 31 heavy (non-hydrogen) atoms. The highest BCUT2D eigenvalue weighted by Gasteiger charge is 2.27. The molecule has 2 aromatic carbocycles. The van der Waals surface area contributed by atoms with E-state index < -0.39 is 0 Å². The van der Waals surface area contributed by atoms with Crippen LogP contribution in [0.15, 0.2) is 48.5 Å². The van der Waals surface area contributed by atoms with Gasteiger partial charge in [-0.25, -0.2) is 0 Å². The van der Waals surface area contributed by atoms with Gasteiger partial charge in [0.25, 0.3) is 5.91 Å². The highest BCUT2D eigenvalue weighted by molar-refractivity contribution is 5.95. The maximum absolute atomic E-state index is 13.0. The number of phenols is 1. The van der Waals surface area contributed by atoms with E-state index in [2.05, 4.69) is 0 Å². The van der Waals surface area contributed by atoms with Gasteiger partial charge in [-0.3, -0.25) is 9.59 Å². The third kappa shape index (κ3) is 5.06. The summed E-state index contributed by atoms with van der Waals surface area (Å²) in [5.74, 6) is -0.339. The standard InChI is InChI=1S/C24H28N2O5/c27-22-7-6-19(24(29)26-10-14-31-15-11-26)16-21(22)20(18-4-2-1-3-5-18)17-23(28)25-8-12-30-13-9-25/h1-7,16,20,27H,8-15,17H2/t20-/m1/s1. The molecule has 2 fully saturated rings. The first-order chi connectivity index (χ1) is 15.1. The van der Waals surface area contributed by atoms with Crippen LogP contribution in [-0.2, 0) is 14.3 Å². The molecular formula is C24H28N2O5. The summed E-state index contributed by atoms with van der Waals surface area (Å²) in [4.78, 5) is 29.6. The van der Waals surface area contributed by atoms with Gasteiger partial charge in [0.05, 0.1) is 26.4 Å². The average molecular weight is 424 g/mol. The van der Waals surface area contributed by atoms with Crippen molar-refractivity contribution in [2.75, 3.05) is 52.6 Å². The number of nitrogens with zero attached hydrogens (tertiary/aromatic N) is 2. The number of rotatable bonds is 5. The van der Waals surface area contributed by atoms with Gasteiger partial charge in [-0.1, -0.05) is 30.3 Å². The van der Waals surface area contributed by atoms with Crippen molar-refractivity contribution in [2.24, 2.45) is 0 Å². The van der Waals surface area contributed by atoms with E-state index in [1.165, 1.54) is 0 Å². The Morgan fingerprint density at radius 1 is 0.871 bits per heavy atom. The van der Waals surface area contributed by atoms with Gasteiger partial charge in [-0.2, -0.15) is 0 Å². The molecular weight excluding hydrogens is 396 g/mol. The Morgan fingerprint density at radius 3 is 2.13 bits per heavy atom.